The van der Waals surface area contributed by atoms with Crippen molar-refractivity contribution >= 4 is 11.6 Å². The first-order valence-corrected chi connectivity index (χ1v) is 7.87. The molecule has 1 aliphatic carbocycles. The van der Waals surface area contributed by atoms with Gasteiger partial charge in [0.05, 0.1) is 5.92 Å². The lowest BCUT2D eigenvalue weighted by Crippen LogP contribution is -2.16. The number of hydrogen-bond donors (Lipinski definition) is 2. The van der Waals surface area contributed by atoms with Gasteiger partial charge in [-0.25, -0.2) is 0 Å². The average Bonchev–Trinajstić information content (AvgIpc) is 3.05. The normalized spacial score (nSPS) is 26.2. The lowest BCUT2D eigenvalue weighted by Gasteiger charge is -2.25. The summed E-state index contributed by atoms with van der Waals surface area (Å²) in [6.45, 7) is 6.62. The molecule has 0 radical (unpaired) electrons. The van der Waals surface area contributed by atoms with E-state index in [-0.39, 0.29) is 11.8 Å². The number of rotatable bonds is 1. The van der Waals surface area contributed by atoms with E-state index in [1.165, 1.54) is 16.8 Å². The molecule has 1 aliphatic heterocycles. The smallest absolute Gasteiger partial charge is 0.236 e. The molecule has 0 spiro atoms. The number of aromatic nitrogens is 1. The van der Waals surface area contributed by atoms with E-state index in [4.69, 9.17) is 0 Å². The molecule has 2 aromatic rings. The number of carbonyl (C=O) groups excluding carboxylic acids is 1. The zero-order valence-electron chi connectivity index (χ0n) is 13.1. The van der Waals surface area contributed by atoms with Crippen LogP contribution in [0.25, 0.3) is 0 Å². The van der Waals surface area contributed by atoms with Gasteiger partial charge in [-0.15, -0.1) is 0 Å². The van der Waals surface area contributed by atoms with Crippen molar-refractivity contribution in [1.29, 1.82) is 0 Å². The molecule has 0 saturated heterocycles. The van der Waals surface area contributed by atoms with Gasteiger partial charge in [0, 0.05) is 29.4 Å². The highest BCUT2D eigenvalue weighted by Gasteiger charge is 2.36. The number of H-pyrrole nitrogens is 1. The zero-order chi connectivity index (χ0) is 15.4. The summed E-state index contributed by atoms with van der Waals surface area (Å²) in [6.07, 6.45) is 4.36. The summed E-state index contributed by atoms with van der Waals surface area (Å²) in [5.74, 6) is 0.611. The zero-order valence-corrected chi connectivity index (χ0v) is 13.1. The highest BCUT2D eigenvalue weighted by Crippen LogP contribution is 2.45. The van der Waals surface area contributed by atoms with Crippen molar-refractivity contribution in [3.63, 3.8) is 0 Å². The van der Waals surface area contributed by atoms with Gasteiger partial charge in [-0.05, 0) is 29.7 Å². The molecule has 2 N–H and O–H groups in total. The van der Waals surface area contributed by atoms with Crippen molar-refractivity contribution in [3.05, 3.63) is 64.5 Å². The molecule has 1 aromatic heterocycles. The molecule has 3 unspecified atom stereocenters. The fourth-order valence-corrected chi connectivity index (χ4v) is 3.94. The Labute approximate surface area is 130 Å². The number of fused-ring (bicyclic) bond motifs is 2. The standard InChI is InChI=1S/C19H20N2O/c1-10-8-11(2)16-14(9-20-18(16)12(10)3)17-13-6-4-5-7-15(13)21-19(17)22/h4-9,11-12,17,20H,1-3H3,(H,21,22). The molecule has 3 atom stereocenters. The largest absolute Gasteiger partial charge is 0.364 e. The second kappa shape index (κ2) is 4.60. The van der Waals surface area contributed by atoms with Crippen LogP contribution in [0.2, 0.25) is 0 Å². The molecule has 1 aromatic carbocycles. The predicted octanol–water partition coefficient (Wildman–Crippen LogP) is 4.27. The van der Waals surface area contributed by atoms with Crippen molar-refractivity contribution in [2.24, 2.45) is 0 Å². The van der Waals surface area contributed by atoms with Gasteiger partial charge in [-0.3, -0.25) is 4.79 Å². The van der Waals surface area contributed by atoms with Crippen LogP contribution in [0, 0.1) is 0 Å². The van der Waals surface area contributed by atoms with Crippen LogP contribution in [0.3, 0.4) is 0 Å². The molecule has 22 heavy (non-hydrogen) atoms. The summed E-state index contributed by atoms with van der Waals surface area (Å²) in [4.78, 5) is 16.0. The Morgan fingerprint density at radius 2 is 1.86 bits per heavy atom. The third-order valence-corrected chi connectivity index (χ3v) is 5.17. The number of amides is 1. The quantitative estimate of drug-likeness (QED) is 0.758. The molecule has 3 heteroatoms. The third-order valence-electron chi connectivity index (χ3n) is 5.17. The van der Waals surface area contributed by atoms with Crippen molar-refractivity contribution in [2.45, 2.75) is 38.5 Å². The minimum atomic E-state index is -0.197. The molecule has 0 bridgehead atoms. The molecular formula is C19H20N2O. The van der Waals surface area contributed by atoms with Crippen LogP contribution in [-0.2, 0) is 4.79 Å². The summed E-state index contributed by atoms with van der Waals surface area (Å²) in [5.41, 5.74) is 7.11. The van der Waals surface area contributed by atoms with Gasteiger partial charge in [0.2, 0.25) is 5.91 Å². The van der Waals surface area contributed by atoms with E-state index < -0.39 is 0 Å². The summed E-state index contributed by atoms with van der Waals surface area (Å²) in [7, 11) is 0. The Kier molecular flexibility index (Phi) is 2.80. The lowest BCUT2D eigenvalue weighted by atomic mass is 9.79. The Morgan fingerprint density at radius 1 is 1.09 bits per heavy atom. The van der Waals surface area contributed by atoms with Gasteiger partial charge >= 0.3 is 0 Å². The van der Waals surface area contributed by atoms with E-state index in [2.05, 4.69) is 43.2 Å². The van der Waals surface area contributed by atoms with Gasteiger partial charge in [-0.2, -0.15) is 0 Å². The van der Waals surface area contributed by atoms with Gasteiger partial charge in [0.1, 0.15) is 0 Å². The lowest BCUT2D eigenvalue weighted by molar-refractivity contribution is -0.116. The maximum Gasteiger partial charge on any atom is 0.236 e. The average molecular weight is 292 g/mol. The number of carbonyl (C=O) groups is 1. The molecule has 1 amide bonds. The molecule has 0 fully saturated rings. The topological polar surface area (TPSA) is 44.9 Å². The molecule has 112 valence electrons. The molecule has 0 saturated carbocycles. The minimum Gasteiger partial charge on any atom is -0.364 e. The fraction of sp³-hybridized carbons (Fsp3) is 0.316. The summed E-state index contributed by atoms with van der Waals surface area (Å²) in [5, 5.41) is 3.01. The first-order valence-electron chi connectivity index (χ1n) is 7.87. The van der Waals surface area contributed by atoms with Crippen LogP contribution in [-0.4, -0.2) is 10.9 Å². The Hall–Kier alpha value is -2.29. The number of allylic oxidation sites excluding steroid dienone is 2. The van der Waals surface area contributed by atoms with Crippen LogP contribution in [0.15, 0.2) is 42.1 Å². The molecule has 4 rings (SSSR count). The number of anilines is 1. The number of nitrogens with one attached hydrogen (secondary N) is 2. The number of hydrogen-bond acceptors (Lipinski definition) is 1. The monoisotopic (exact) mass is 292 g/mol. The van der Waals surface area contributed by atoms with E-state index in [0.29, 0.717) is 11.8 Å². The van der Waals surface area contributed by atoms with Crippen molar-refractivity contribution in [2.75, 3.05) is 5.32 Å². The van der Waals surface area contributed by atoms with Gasteiger partial charge in [0.15, 0.2) is 0 Å². The summed E-state index contributed by atoms with van der Waals surface area (Å²) < 4.78 is 0. The highest BCUT2D eigenvalue weighted by molar-refractivity contribution is 6.05. The van der Waals surface area contributed by atoms with E-state index in [1.54, 1.807) is 0 Å². The first kappa shape index (κ1) is 13.4. The van der Waals surface area contributed by atoms with Crippen molar-refractivity contribution in [3.8, 4) is 0 Å². The number of aromatic amines is 1. The van der Waals surface area contributed by atoms with Crippen LogP contribution < -0.4 is 5.32 Å². The summed E-state index contributed by atoms with van der Waals surface area (Å²) >= 11 is 0. The van der Waals surface area contributed by atoms with E-state index in [1.807, 2.05) is 24.4 Å². The van der Waals surface area contributed by atoms with Crippen LogP contribution in [0.1, 0.15) is 60.9 Å². The van der Waals surface area contributed by atoms with Crippen LogP contribution in [0.5, 0.6) is 0 Å². The molecule has 2 heterocycles. The van der Waals surface area contributed by atoms with Crippen LogP contribution >= 0.6 is 0 Å². The number of benzene rings is 1. The van der Waals surface area contributed by atoms with Gasteiger partial charge in [0.25, 0.3) is 0 Å². The minimum absolute atomic E-state index is 0.0779. The summed E-state index contributed by atoms with van der Waals surface area (Å²) in [6, 6.07) is 7.99. The Balaban J connectivity index is 1.87. The SMILES string of the molecule is CC1=CC(C)c2c(C3C(=O)Nc4ccccc43)c[nH]c2C1C. The Morgan fingerprint density at radius 3 is 2.68 bits per heavy atom. The van der Waals surface area contributed by atoms with Gasteiger partial charge < -0.3 is 10.3 Å². The van der Waals surface area contributed by atoms with Crippen molar-refractivity contribution < 1.29 is 4.79 Å². The maximum absolute atomic E-state index is 12.5. The first-order chi connectivity index (χ1) is 10.6. The second-order valence-corrected chi connectivity index (χ2v) is 6.50. The Bertz CT molecular complexity index is 800. The third kappa shape index (κ3) is 1.71. The maximum atomic E-state index is 12.5. The van der Waals surface area contributed by atoms with Crippen LogP contribution in [0.4, 0.5) is 5.69 Å². The highest BCUT2D eigenvalue weighted by atomic mass is 16.2. The van der Waals surface area contributed by atoms with Crippen molar-refractivity contribution in [1.82, 2.24) is 4.98 Å². The van der Waals surface area contributed by atoms with E-state index in [0.717, 1.165) is 16.8 Å². The van der Waals surface area contributed by atoms with Gasteiger partial charge in [-0.1, -0.05) is 43.7 Å². The fourth-order valence-electron chi connectivity index (χ4n) is 3.94. The number of para-hydroxylation sites is 1. The molecular weight excluding hydrogens is 272 g/mol. The predicted molar refractivity (Wildman–Crippen MR) is 88.3 cm³/mol. The van der Waals surface area contributed by atoms with E-state index >= 15 is 0 Å². The van der Waals surface area contributed by atoms with E-state index in [9.17, 15) is 4.79 Å². The second-order valence-electron chi connectivity index (χ2n) is 6.50. The molecule has 2 aliphatic rings. The molecule has 3 nitrogen and oxygen atoms in total.